The second kappa shape index (κ2) is 3.69. The van der Waals surface area contributed by atoms with Gasteiger partial charge in [0.2, 0.25) is 5.95 Å². The number of nitrogens with two attached hydrogens (primary N) is 1. The maximum atomic E-state index is 12.2. The summed E-state index contributed by atoms with van der Waals surface area (Å²) < 4.78 is 12.2. The van der Waals surface area contributed by atoms with Crippen molar-refractivity contribution in [1.82, 2.24) is 4.98 Å². The average Bonchev–Trinajstić information content (AvgIpc) is 2.04. The quantitative estimate of drug-likeness (QED) is 0.433. The lowest BCUT2D eigenvalue weighted by atomic mass is 10.3. The SMILES string of the molecule is NCC#Cc1ccc(F)nc1. The van der Waals surface area contributed by atoms with Gasteiger partial charge in [0.25, 0.3) is 0 Å². The van der Waals surface area contributed by atoms with Crippen LogP contribution in [0.1, 0.15) is 5.56 Å². The number of rotatable bonds is 0. The first kappa shape index (κ1) is 7.70. The van der Waals surface area contributed by atoms with Gasteiger partial charge in [-0.2, -0.15) is 4.39 Å². The van der Waals surface area contributed by atoms with Crippen LogP contribution in [0.15, 0.2) is 18.3 Å². The zero-order valence-corrected chi connectivity index (χ0v) is 5.84. The van der Waals surface area contributed by atoms with Crippen LogP contribution in [0.25, 0.3) is 0 Å². The minimum absolute atomic E-state index is 0.303. The van der Waals surface area contributed by atoms with Gasteiger partial charge in [0, 0.05) is 11.8 Å². The number of hydrogen-bond acceptors (Lipinski definition) is 2. The fraction of sp³-hybridized carbons (Fsp3) is 0.125. The molecule has 0 saturated carbocycles. The Hall–Kier alpha value is -1.40. The molecule has 0 amide bonds. The highest BCUT2D eigenvalue weighted by Gasteiger charge is 1.88. The van der Waals surface area contributed by atoms with Gasteiger partial charge >= 0.3 is 0 Å². The van der Waals surface area contributed by atoms with E-state index >= 15 is 0 Å². The van der Waals surface area contributed by atoms with Gasteiger partial charge in [-0.3, -0.25) is 0 Å². The summed E-state index contributed by atoms with van der Waals surface area (Å²) in [5.74, 6) is 4.87. The molecule has 2 N–H and O–H groups in total. The lowest BCUT2D eigenvalue weighted by Crippen LogP contribution is -1.93. The van der Waals surface area contributed by atoms with Crippen molar-refractivity contribution >= 4 is 0 Å². The van der Waals surface area contributed by atoms with Crippen LogP contribution in [0, 0.1) is 17.8 Å². The summed E-state index contributed by atoms with van der Waals surface area (Å²) in [6.45, 7) is 0.303. The summed E-state index contributed by atoms with van der Waals surface area (Å²) in [5, 5.41) is 0. The van der Waals surface area contributed by atoms with Gasteiger partial charge in [0.1, 0.15) is 0 Å². The molecule has 0 radical (unpaired) electrons. The smallest absolute Gasteiger partial charge is 0.212 e. The van der Waals surface area contributed by atoms with E-state index in [1.165, 1.54) is 12.3 Å². The molecule has 0 aromatic carbocycles. The van der Waals surface area contributed by atoms with Crippen molar-refractivity contribution < 1.29 is 4.39 Å². The maximum absolute atomic E-state index is 12.2. The van der Waals surface area contributed by atoms with E-state index in [0.717, 1.165) is 0 Å². The van der Waals surface area contributed by atoms with Gasteiger partial charge in [-0.05, 0) is 12.1 Å². The van der Waals surface area contributed by atoms with Gasteiger partial charge in [0.05, 0.1) is 6.54 Å². The van der Waals surface area contributed by atoms with Gasteiger partial charge < -0.3 is 5.73 Å². The second-order valence-electron chi connectivity index (χ2n) is 1.88. The Morgan fingerprint density at radius 2 is 2.36 bits per heavy atom. The molecule has 0 aliphatic rings. The lowest BCUT2D eigenvalue weighted by Gasteiger charge is -1.87. The third-order valence-electron chi connectivity index (χ3n) is 1.06. The molecule has 1 rings (SSSR count). The Morgan fingerprint density at radius 3 is 2.91 bits per heavy atom. The number of aromatic nitrogens is 1. The number of halogens is 1. The molecule has 1 aromatic rings. The summed E-state index contributed by atoms with van der Waals surface area (Å²) in [5.41, 5.74) is 5.82. The molecule has 56 valence electrons. The van der Waals surface area contributed by atoms with E-state index in [1.807, 2.05) is 0 Å². The molecule has 1 heterocycles. The monoisotopic (exact) mass is 150 g/mol. The summed E-state index contributed by atoms with van der Waals surface area (Å²) in [6, 6.07) is 2.82. The Morgan fingerprint density at radius 1 is 1.55 bits per heavy atom. The average molecular weight is 150 g/mol. The third kappa shape index (κ3) is 2.36. The van der Waals surface area contributed by atoms with Crippen LogP contribution in [0.2, 0.25) is 0 Å². The molecule has 0 atom stereocenters. The van der Waals surface area contributed by atoms with E-state index in [0.29, 0.717) is 12.1 Å². The maximum Gasteiger partial charge on any atom is 0.212 e. The fourth-order valence-electron chi connectivity index (χ4n) is 0.603. The normalized spacial score (nSPS) is 8.55. The number of pyridine rings is 1. The second-order valence-corrected chi connectivity index (χ2v) is 1.88. The van der Waals surface area contributed by atoms with Crippen LogP contribution in [0.3, 0.4) is 0 Å². The highest BCUT2D eigenvalue weighted by atomic mass is 19.1. The first-order chi connectivity index (χ1) is 5.33. The van der Waals surface area contributed by atoms with E-state index in [9.17, 15) is 4.39 Å². The van der Waals surface area contributed by atoms with Crippen LogP contribution in [0.4, 0.5) is 4.39 Å². The van der Waals surface area contributed by atoms with E-state index < -0.39 is 5.95 Å². The van der Waals surface area contributed by atoms with Crippen molar-refractivity contribution in [1.29, 1.82) is 0 Å². The molecule has 11 heavy (non-hydrogen) atoms. The topological polar surface area (TPSA) is 38.9 Å². The first-order valence-corrected chi connectivity index (χ1v) is 3.13. The molecule has 2 nitrogen and oxygen atoms in total. The molecule has 3 heteroatoms. The minimum Gasteiger partial charge on any atom is -0.320 e. The van der Waals surface area contributed by atoms with Crippen molar-refractivity contribution in [2.24, 2.45) is 5.73 Å². The largest absolute Gasteiger partial charge is 0.320 e. The van der Waals surface area contributed by atoms with Crippen molar-refractivity contribution in [2.75, 3.05) is 6.54 Å². The Balaban J connectivity index is 2.82. The molecular formula is C8H7FN2. The summed E-state index contributed by atoms with van der Waals surface area (Å²) in [6.07, 6.45) is 1.37. The van der Waals surface area contributed by atoms with Gasteiger partial charge in [-0.25, -0.2) is 4.98 Å². The third-order valence-corrected chi connectivity index (χ3v) is 1.06. The molecule has 0 unspecified atom stereocenters. The number of nitrogens with zero attached hydrogens (tertiary/aromatic N) is 1. The van der Waals surface area contributed by atoms with Crippen molar-refractivity contribution in [3.8, 4) is 11.8 Å². The van der Waals surface area contributed by atoms with Gasteiger partial charge in [-0.1, -0.05) is 11.8 Å². The Labute approximate surface area is 64.3 Å². The molecule has 1 aromatic heterocycles. The van der Waals surface area contributed by atoms with Gasteiger partial charge in [0.15, 0.2) is 0 Å². The predicted molar refractivity (Wildman–Crippen MR) is 40.1 cm³/mol. The highest BCUT2D eigenvalue weighted by molar-refractivity contribution is 5.31. The van der Waals surface area contributed by atoms with Crippen molar-refractivity contribution in [3.05, 3.63) is 29.8 Å². The van der Waals surface area contributed by atoms with E-state index in [2.05, 4.69) is 16.8 Å². The lowest BCUT2D eigenvalue weighted by molar-refractivity contribution is 0.583. The predicted octanol–water partition coefficient (Wildman–Crippen LogP) is 0.531. The van der Waals surface area contributed by atoms with E-state index in [4.69, 9.17) is 5.73 Å². The Bertz CT molecular complexity index is 281. The van der Waals surface area contributed by atoms with Crippen LogP contribution in [-0.4, -0.2) is 11.5 Å². The zero-order valence-electron chi connectivity index (χ0n) is 5.84. The molecule has 0 aliphatic heterocycles. The molecule has 0 saturated heterocycles. The summed E-state index contributed by atoms with van der Waals surface area (Å²) in [7, 11) is 0. The zero-order chi connectivity index (χ0) is 8.10. The number of hydrogen-bond donors (Lipinski definition) is 1. The van der Waals surface area contributed by atoms with Crippen molar-refractivity contribution in [2.45, 2.75) is 0 Å². The Kier molecular flexibility index (Phi) is 2.59. The highest BCUT2D eigenvalue weighted by Crippen LogP contribution is 1.95. The minimum atomic E-state index is -0.497. The summed E-state index contributed by atoms with van der Waals surface area (Å²) in [4.78, 5) is 3.42. The standard InChI is InChI=1S/C8H7FN2/c9-8-4-3-7(6-11-8)2-1-5-10/h3-4,6H,5,10H2. The van der Waals surface area contributed by atoms with Crippen molar-refractivity contribution in [3.63, 3.8) is 0 Å². The molecule has 0 bridgehead atoms. The molecule has 0 fully saturated rings. The van der Waals surface area contributed by atoms with E-state index in [1.54, 1.807) is 6.07 Å². The van der Waals surface area contributed by atoms with Gasteiger partial charge in [-0.15, -0.1) is 0 Å². The fourth-order valence-corrected chi connectivity index (χ4v) is 0.603. The van der Waals surface area contributed by atoms with Crippen LogP contribution in [-0.2, 0) is 0 Å². The molecular weight excluding hydrogens is 143 g/mol. The van der Waals surface area contributed by atoms with Crippen LogP contribution < -0.4 is 5.73 Å². The molecule has 0 spiro atoms. The first-order valence-electron chi connectivity index (χ1n) is 3.13. The van der Waals surface area contributed by atoms with Crippen LogP contribution >= 0.6 is 0 Å². The summed E-state index contributed by atoms with van der Waals surface area (Å²) >= 11 is 0. The molecule has 0 aliphatic carbocycles. The van der Waals surface area contributed by atoms with E-state index in [-0.39, 0.29) is 0 Å². The van der Waals surface area contributed by atoms with Crippen LogP contribution in [0.5, 0.6) is 0 Å².